The first-order chi connectivity index (χ1) is 17.4. The molecule has 9 heteroatoms. The molecule has 0 aliphatic rings. The fraction of sp³-hybridized carbons (Fsp3) is 0.296. The zero-order valence-electron chi connectivity index (χ0n) is 21.3. The lowest BCUT2D eigenvalue weighted by atomic mass is 10.1. The van der Waals surface area contributed by atoms with Crippen molar-refractivity contribution in [2.45, 2.75) is 26.7 Å². The van der Waals surface area contributed by atoms with E-state index in [1.54, 1.807) is 46.6 Å². The van der Waals surface area contributed by atoms with Gasteiger partial charge >= 0.3 is 0 Å². The summed E-state index contributed by atoms with van der Waals surface area (Å²) in [7, 11) is 6.36. The molecule has 4 aromatic rings. The molecule has 2 aromatic heterocycles. The number of aromatic nitrogens is 3. The summed E-state index contributed by atoms with van der Waals surface area (Å²) in [6.07, 6.45) is 0.826. The van der Waals surface area contributed by atoms with Crippen molar-refractivity contribution in [3.63, 3.8) is 0 Å². The maximum absolute atomic E-state index is 12.7. The van der Waals surface area contributed by atoms with Crippen LogP contribution in [-0.4, -0.2) is 48.9 Å². The van der Waals surface area contributed by atoms with Crippen LogP contribution in [0.25, 0.3) is 16.9 Å². The van der Waals surface area contributed by atoms with Crippen LogP contribution in [0.5, 0.6) is 23.0 Å². The van der Waals surface area contributed by atoms with Crippen LogP contribution < -0.4 is 24.3 Å². The molecule has 0 aliphatic carbocycles. The van der Waals surface area contributed by atoms with Gasteiger partial charge in [0.05, 0.1) is 34.1 Å². The van der Waals surface area contributed by atoms with Crippen LogP contribution >= 0.6 is 0 Å². The van der Waals surface area contributed by atoms with E-state index >= 15 is 0 Å². The van der Waals surface area contributed by atoms with Crippen LogP contribution in [0.4, 0.5) is 5.69 Å². The van der Waals surface area contributed by atoms with Gasteiger partial charge in [-0.3, -0.25) is 4.79 Å². The van der Waals surface area contributed by atoms with Crippen molar-refractivity contribution < 1.29 is 23.7 Å². The molecule has 0 unspecified atom stereocenters. The van der Waals surface area contributed by atoms with Crippen LogP contribution in [-0.2, 0) is 11.2 Å². The number of nitrogens with one attached hydrogen (secondary N) is 1. The second kappa shape index (κ2) is 10.6. The molecule has 0 atom stereocenters. The number of amides is 1. The van der Waals surface area contributed by atoms with Crippen LogP contribution in [0.15, 0.2) is 42.5 Å². The summed E-state index contributed by atoms with van der Waals surface area (Å²) in [6, 6.07) is 12.8. The van der Waals surface area contributed by atoms with Gasteiger partial charge in [-0.05, 0) is 50.1 Å². The van der Waals surface area contributed by atoms with E-state index in [1.165, 1.54) is 0 Å². The largest absolute Gasteiger partial charge is 0.497 e. The predicted octanol–water partition coefficient (Wildman–Crippen LogP) is 4.62. The lowest BCUT2D eigenvalue weighted by Crippen LogP contribution is -2.14. The number of hydrogen-bond donors (Lipinski definition) is 1. The van der Waals surface area contributed by atoms with Gasteiger partial charge in [-0.1, -0.05) is 0 Å². The minimum absolute atomic E-state index is 0.106. The smallest absolute Gasteiger partial charge is 0.224 e. The number of aryl methyl sites for hydroxylation is 2. The van der Waals surface area contributed by atoms with E-state index in [2.05, 4.69) is 5.32 Å². The number of fused-ring (bicyclic) bond motifs is 1. The van der Waals surface area contributed by atoms with Gasteiger partial charge in [-0.25, -0.2) is 9.50 Å². The van der Waals surface area contributed by atoms with Crippen molar-refractivity contribution in [2.24, 2.45) is 0 Å². The zero-order chi connectivity index (χ0) is 25.8. The fourth-order valence-electron chi connectivity index (χ4n) is 4.16. The van der Waals surface area contributed by atoms with Gasteiger partial charge in [0.2, 0.25) is 5.91 Å². The highest BCUT2D eigenvalue weighted by molar-refractivity contribution is 5.91. The molecule has 0 aliphatic heterocycles. The number of anilines is 1. The molecule has 36 heavy (non-hydrogen) atoms. The lowest BCUT2D eigenvalue weighted by molar-refractivity contribution is -0.116. The molecule has 0 radical (unpaired) electrons. The van der Waals surface area contributed by atoms with Gasteiger partial charge < -0.3 is 24.3 Å². The molecule has 1 amide bonds. The van der Waals surface area contributed by atoms with Gasteiger partial charge in [-0.2, -0.15) is 5.10 Å². The second-order valence-corrected chi connectivity index (χ2v) is 8.28. The molecule has 188 valence electrons. The second-order valence-electron chi connectivity index (χ2n) is 8.28. The summed E-state index contributed by atoms with van der Waals surface area (Å²) in [4.78, 5) is 17.4. The Morgan fingerprint density at radius 2 is 1.58 bits per heavy atom. The number of rotatable bonds is 9. The zero-order valence-corrected chi connectivity index (χ0v) is 21.3. The Morgan fingerprint density at radius 3 is 2.22 bits per heavy atom. The molecule has 0 fully saturated rings. The molecule has 0 saturated heterocycles. The molecule has 4 rings (SSSR count). The SMILES string of the molecule is COc1cc(OC)cc(-c2cc3nc(C)c(CCC(=O)Nc4ccc(OC)c(OC)c4)c(C)n3n2)c1. The van der Waals surface area contributed by atoms with Crippen molar-refractivity contribution in [1.29, 1.82) is 0 Å². The highest BCUT2D eigenvalue weighted by Gasteiger charge is 2.16. The standard InChI is InChI=1S/C27H30N4O5/c1-16-22(8-10-27(32)29-19-7-9-24(35-5)25(13-19)36-6)17(2)31-26(28-16)15-23(30-31)18-11-20(33-3)14-21(12-18)34-4/h7,9,11-15H,8,10H2,1-6H3,(H,29,32). The van der Waals surface area contributed by atoms with E-state index in [9.17, 15) is 4.79 Å². The molecular weight excluding hydrogens is 460 g/mol. The minimum Gasteiger partial charge on any atom is -0.497 e. The van der Waals surface area contributed by atoms with E-state index in [0.717, 1.165) is 33.9 Å². The summed E-state index contributed by atoms with van der Waals surface area (Å²) in [5, 5.41) is 7.70. The fourth-order valence-corrected chi connectivity index (χ4v) is 4.16. The van der Waals surface area contributed by atoms with Gasteiger partial charge in [0.15, 0.2) is 17.1 Å². The summed E-state index contributed by atoms with van der Waals surface area (Å²) >= 11 is 0. The Balaban J connectivity index is 1.55. The quantitative estimate of drug-likeness (QED) is 0.366. The van der Waals surface area contributed by atoms with E-state index in [-0.39, 0.29) is 5.91 Å². The predicted molar refractivity (Wildman–Crippen MR) is 137 cm³/mol. The van der Waals surface area contributed by atoms with Crippen LogP contribution in [0.1, 0.15) is 23.4 Å². The highest BCUT2D eigenvalue weighted by atomic mass is 16.5. The van der Waals surface area contributed by atoms with Crippen molar-refractivity contribution >= 4 is 17.2 Å². The van der Waals surface area contributed by atoms with Crippen molar-refractivity contribution in [3.05, 3.63) is 59.4 Å². The van der Waals surface area contributed by atoms with Gasteiger partial charge in [0.1, 0.15) is 11.5 Å². The Morgan fingerprint density at radius 1 is 0.889 bits per heavy atom. The van der Waals surface area contributed by atoms with E-state index in [0.29, 0.717) is 41.5 Å². The first-order valence-corrected chi connectivity index (χ1v) is 11.5. The van der Waals surface area contributed by atoms with Crippen LogP contribution in [0, 0.1) is 13.8 Å². The molecule has 2 aromatic carbocycles. The van der Waals surface area contributed by atoms with Crippen LogP contribution in [0.2, 0.25) is 0 Å². The molecular formula is C27H30N4O5. The summed E-state index contributed by atoms with van der Waals surface area (Å²) < 4.78 is 23.2. The molecule has 1 N–H and O–H groups in total. The molecule has 0 spiro atoms. The number of methoxy groups -OCH3 is 4. The maximum atomic E-state index is 12.7. The number of carbonyl (C=O) groups excluding carboxylic acids is 1. The van der Waals surface area contributed by atoms with Crippen LogP contribution in [0.3, 0.4) is 0 Å². The van der Waals surface area contributed by atoms with Crippen molar-refractivity contribution in [1.82, 2.24) is 14.6 Å². The third kappa shape index (κ3) is 5.05. The van der Waals surface area contributed by atoms with Gasteiger partial charge in [0.25, 0.3) is 0 Å². The van der Waals surface area contributed by atoms with E-state index in [4.69, 9.17) is 29.0 Å². The monoisotopic (exact) mass is 490 g/mol. The number of hydrogen-bond acceptors (Lipinski definition) is 7. The first-order valence-electron chi connectivity index (χ1n) is 11.5. The topological polar surface area (TPSA) is 96.2 Å². The minimum atomic E-state index is -0.106. The highest BCUT2D eigenvalue weighted by Crippen LogP contribution is 2.31. The molecule has 0 bridgehead atoms. The maximum Gasteiger partial charge on any atom is 0.224 e. The van der Waals surface area contributed by atoms with Crippen molar-refractivity contribution in [3.8, 4) is 34.3 Å². The van der Waals surface area contributed by atoms with Gasteiger partial charge in [-0.15, -0.1) is 0 Å². The Bertz CT molecular complexity index is 1390. The Hall–Kier alpha value is -4.27. The summed E-state index contributed by atoms with van der Waals surface area (Å²) in [6.45, 7) is 3.95. The van der Waals surface area contributed by atoms with Gasteiger partial charge in [0, 0.05) is 47.3 Å². The van der Waals surface area contributed by atoms with E-state index in [1.807, 2.05) is 42.6 Å². The van der Waals surface area contributed by atoms with Crippen molar-refractivity contribution in [2.75, 3.05) is 33.8 Å². The number of nitrogens with zero attached hydrogens (tertiary/aromatic N) is 3. The third-order valence-electron chi connectivity index (χ3n) is 6.08. The van der Waals surface area contributed by atoms with E-state index < -0.39 is 0 Å². The molecule has 0 saturated carbocycles. The first kappa shape index (κ1) is 24.8. The average Bonchev–Trinajstić information content (AvgIpc) is 3.32. The number of benzene rings is 2. The summed E-state index contributed by atoms with van der Waals surface area (Å²) in [5.74, 6) is 2.42. The normalized spacial score (nSPS) is 10.8. The molecule has 2 heterocycles. The summed E-state index contributed by atoms with van der Waals surface area (Å²) in [5.41, 5.74) is 5.80. The Labute approximate surface area is 210 Å². The molecule has 9 nitrogen and oxygen atoms in total. The Kier molecular flexibility index (Phi) is 7.28. The number of carbonyl (C=O) groups is 1. The third-order valence-corrected chi connectivity index (χ3v) is 6.08. The lowest BCUT2D eigenvalue weighted by Gasteiger charge is -2.12. The number of ether oxygens (including phenoxy) is 4. The average molecular weight is 491 g/mol.